The number of carbonyl (C=O) groups excluding carboxylic acids is 1. The quantitative estimate of drug-likeness (QED) is 0.878. The molecule has 1 unspecified atom stereocenters. The van der Waals surface area contributed by atoms with Gasteiger partial charge in [0.25, 0.3) is 5.91 Å². The summed E-state index contributed by atoms with van der Waals surface area (Å²) >= 11 is 0. The Labute approximate surface area is 118 Å². The Hall–Kier alpha value is -1.94. The van der Waals surface area contributed by atoms with Crippen LogP contribution in [0.2, 0.25) is 0 Å². The molecule has 1 aliphatic rings. The maximum atomic E-state index is 12.5. The summed E-state index contributed by atoms with van der Waals surface area (Å²) in [6, 6.07) is 9.76. The molecule has 1 aliphatic heterocycles. The third-order valence-corrected chi connectivity index (χ3v) is 3.78. The summed E-state index contributed by atoms with van der Waals surface area (Å²) in [5, 5.41) is 7.41. The molecule has 1 fully saturated rings. The van der Waals surface area contributed by atoms with Crippen molar-refractivity contribution in [2.24, 2.45) is 0 Å². The lowest BCUT2D eigenvalue weighted by Crippen LogP contribution is -2.40. The van der Waals surface area contributed by atoms with Crippen LogP contribution < -0.4 is 10.6 Å². The van der Waals surface area contributed by atoms with Gasteiger partial charge >= 0.3 is 0 Å². The Balaban J connectivity index is 1.81. The average molecular weight is 269 g/mol. The maximum Gasteiger partial charge on any atom is 0.252 e. The first kappa shape index (κ1) is 13.1. The minimum Gasteiger partial charge on any atom is -0.348 e. The standard InChI is InChI=1S/C16H19N3O/c20-16(19-12-5-3-4-9-17-11-12)14-8-10-18-15-7-2-1-6-13(14)15/h1-2,6-8,10,12,17H,3-5,9,11H2,(H,19,20). The molecule has 0 radical (unpaired) electrons. The Morgan fingerprint density at radius 3 is 3.10 bits per heavy atom. The monoisotopic (exact) mass is 269 g/mol. The summed E-state index contributed by atoms with van der Waals surface area (Å²) in [5.74, 6) is -0.00250. The predicted octanol–water partition coefficient (Wildman–Crippen LogP) is 2.11. The zero-order valence-electron chi connectivity index (χ0n) is 11.4. The van der Waals surface area contributed by atoms with E-state index in [-0.39, 0.29) is 11.9 Å². The third-order valence-electron chi connectivity index (χ3n) is 3.78. The van der Waals surface area contributed by atoms with Crippen molar-refractivity contribution in [3.8, 4) is 0 Å². The topological polar surface area (TPSA) is 54.0 Å². The fourth-order valence-corrected chi connectivity index (χ4v) is 2.70. The lowest BCUT2D eigenvalue weighted by Gasteiger charge is -2.17. The van der Waals surface area contributed by atoms with Gasteiger partial charge in [0.1, 0.15) is 0 Å². The fraction of sp³-hybridized carbons (Fsp3) is 0.375. The van der Waals surface area contributed by atoms with Crippen LogP contribution in [0, 0.1) is 0 Å². The van der Waals surface area contributed by atoms with Crippen LogP contribution in [0.15, 0.2) is 36.5 Å². The van der Waals surface area contributed by atoms with E-state index < -0.39 is 0 Å². The number of carbonyl (C=O) groups is 1. The van der Waals surface area contributed by atoms with Gasteiger partial charge in [0.2, 0.25) is 0 Å². The highest BCUT2D eigenvalue weighted by atomic mass is 16.1. The van der Waals surface area contributed by atoms with Crippen molar-refractivity contribution >= 4 is 16.8 Å². The second-order valence-corrected chi connectivity index (χ2v) is 5.25. The Bertz CT molecular complexity index is 598. The van der Waals surface area contributed by atoms with Gasteiger partial charge < -0.3 is 10.6 Å². The van der Waals surface area contributed by atoms with E-state index in [1.807, 2.05) is 24.3 Å². The number of rotatable bonds is 2. The maximum absolute atomic E-state index is 12.5. The summed E-state index contributed by atoms with van der Waals surface area (Å²) in [6.07, 6.45) is 5.09. The molecular formula is C16H19N3O. The van der Waals surface area contributed by atoms with E-state index in [1.165, 1.54) is 6.42 Å². The second-order valence-electron chi connectivity index (χ2n) is 5.25. The number of pyridine rings is 1. The highest BCUT2D eigenvalue weighted by molar-refractivity contribution is 6.06. The van der Waals surface area contributed by atoms with Crippen LogP contribution in [0.5, 0.6) is 0 Å². The predicted molar refractivity (Wildman–Crippen MR) is 79.7 cm³/mol. The average Bonchev–Trinajstić information content (AvgIpc) is 2.75. The molecule has 0 spiro atoms. The van der Waals surface area contributed by atoms with Crippen LogP contribution >= 0.6 is 0 Å². The number of fused-ring (bicyclic) bond motifs is 1. The van der Waals surface area contributed by atoms with Gasteiger partial charge in [0.15, 0.2) is 0 Å². The molecule has 104 valence electrons. The molecule has 0 aliphatic carbocycles. The molecule has 1 aromatic heterocycles. The molecule has 4 nitrogen and oxygen atoms in total. The normalized spacial score (nSPS) is 19.5. The molecule has 1 saturated heterocycles. The van der Waals surface area contributed by atoms with Crippen LogP contribution in [0.25, 0.3) is 10.9 Å². The van der Waals surface area contributed by atoms with Crippen molar-refractivity contribution in [1.29, 1.82) is 0 Å². The molecule has 0 saturated carbocycles. The van der Waals surface area contributed by atoms with E-state index in [1.54, 1.807) is 12.3 Å². The minimum atomic E-state index is -0.00250. The number of amides is 1. The molecule has 4 heteroatoms. The van der Waals surface area contributed by atoms with Gasteiger partial charge in [-0.25, -0.2) is 0 Å². The molecule has 3 rings (SSSR count). The lowest BCUT2D eigenvalue weighted by atomic mass is 10.1. The van der Waals surface area contributed by atoms with Crippen molar-refractivity contribution in [2.45, 2.75) is 25.3 Å². The first-order valence-electron chi connectivity index (χ1n) is 7.20. The number of aromatic nitrogens is 1. The third kappa shape index (κ3) is 2.80. The summed E-state index contributed by atoms with van der Waals surface area (Å²) < 4.78 is 0. The molecule has 1 atom stereocenters. The van der Waals surface area contributed by atoms with Gasteiger partial charge in [-0.2, -0.15) is 0 Å². The van der Waals surface area contributed by atoms with Crippen molar-refractivity contribution in [1.82, 2.24) is 15.6 Å². The number of nitrogens with one attached hydrogen (secondary N) is 2. The van der Waals surface area contributed by atoms with Crippen molar-refractivity contribution in [3.63, 3.8) is 0 Å². The molecule has 2 aromatic rings. The molecule has 1 amide bonds. The Morgan fingerprint density at radius 1 is 1.25 bits per heavy atom. The lowest BCUT2D eigenvalue weighted by molar-refractivity contribution is 0.0937. The van der Waals surface area contributed by atoms with Gasteiger partial charge in [-0.1, -0.05) is 24.6 Å². The number of benzene rings is 1. The first-order valence-corrected chi connectivity index (χ1v) is 7.20. The highest BCUT2D eigenvalue weighted by Crippen LogP contribution is 2.16. The van der Waals surface area contributed by atoms with Crippen molar-refractivity contribution in [2.75, 3.05) is 13.1 Å². The number of nitrogens with zero attached hydrogens (tertiary/aromatic N) is 1. The molecular weight excluding hydrogens is 250 g/mol. The fourth-order valence-electron chi connectivity index (χ4n) is 2.70. The second kappa shape index (κ2) is 6.01. The van der Waals surface area contributed by atoms with Gasteiger partial charge in [-0.15, -0.1) is 0 Å². The summed E-state index contributed by atoms with van der Waals surface area (Å²) in [5.41, 5.74) is 1.57. The smallest absolute Gasteiger partial charge is 0.252 e. The zero-order valence-corrected chi connectivity index (χ0v) is 11.4. The van der Waals surface area contributed by atoms with Crippen LogP contribution in [0.3, 0.4) is 0 Å². The molecule has 2 N–H and O–H groups in total. The molecule has 1 aromatic carbocycles. The van der Waals surface area contributed by atoms with E-state index in [0.29, 0.717) is 5.56 Å². The first-order chi connectivity index (χ1) is 9.84. The van der Waals surface area contributed by atoms with E-state index in [0.717, 1.165) is 36.8 Å². The van der Waals surface area contributed by atoms with E-state index in [2.05, 4.69) is 15.6 Å². The van der Waals surface area contributed by atoms with Crippen LogP contribution in [0.4, 0.5) is 0 Å². The van der Waals surface area contributed by atoms with Crippen LogP contribution in [0.1, 0.15) is 29.6 Å². The van der Waals surface area contributed by atoms with Crippen molar-refractivity contribution in [3.05, 3.63) is 42.1 Å². The summed E-state index contributed by atoms with van der Waals surface area (Å²) in [4.78, 5) is 16.8. The highest BCUT2D eigenvalue weighted by Gasteiger charge is 2.17. The minimum absolute atomic E-state index is 0.00250. The largest absolute Gasteiger partial charge is 0.348 e. The zero-order chi connectivity index (χ0) is 13.8. The molecule has 2 heterocycles. The van der Waals surface area contributed by atoms with Gasteiger partial charge in [0, 0.05) is 24.2 Å². The molecule has 0 bridgehead atoms. The Morgan fingerprint density at radius 2 is 2.15 bits per heavy atom. The van der Waals surface area contributed by atoms with Crippen LogP contribution in [-0.2, 0) is 0 Å². The Kier molecular flexibility index (Phi) is 3.92. The van der Waals surface area contributed by atoms with E-state index in [4.69, 9.17) is 0 Å². The number of hydrogen-bond acceptors (Lipinski definition) is 3. The summed E-state index contributed by atoms with van der Waals surface area (Å²) in [7, 11) is 0. The van der Waals surface area contributed by atoms with Crippen LogP contribution in [-0.4, -0.2) is 30.0 Å². The number of para-hydroxylation sites is 1. The van der Waals surface area contributed by atoms with Gasteiger partial charge in [0.05, 0.1) is 11.1 Å². The van der Waals surface area contributed by atoms with Gasteiger partial charge in [-0.05, 0) is 31.5 Å². The van der Waals surface area contributed by atoms with E-state index >= 15 is 0 Å². The number of hydrogen-bond donors (Lipinski definition) is 2. The molecule has 20 heavy (non-hydrogen) atoms. The van der Waals surface area contributed by atoms with E-state index in [9.17, 15) is 4.79 Å². The van der Waals surface area contributed by atoms with Crippen molar-refractivity contribution < 1.29 is 4.79 Å². The summed E-state index contributed by atoms with van der Waals surface area (Å²) in [6.45, 7) is 1.90. The van der Waals surface area contributed by atoms with Gasteiger partial charge in [-0.3, -0.25) is 9.78 Å². The SMILES string of the molecule is O=C(NC1CCCCNC1)c1ccnc2ccccc12.